The van der Waals surface area contributed by atoms with Gasteiger partial charge in [-0.25, -0.2) is 14.4 Å². The van der Waals surface area contributed by atoms with Crippen LogP contribution >= 0.6 is 0 Å². The normalized spacial score (nSPS) is 19.0. The summed E-state index contributed by atoms with van der Waals surface area (Å²) in [7, 11) is 1.98. The number of ether oxygens (including phenoxy) is 2. The quantitative estimate of drug-likeness (QED) is 0.168. The van der Waals surface area contributed by atoms with E-state index in [0.29, 0.717) is 24.7 Å². The highest BCUT2D eigenvalue weighted by Crippen LogP contribution is 2.33. The summed E-state index contributed by atoms with van der Waals surface area (Å²) in [5.74, 6) is -1.47. The van der Waals surface area contributed by atoms with Crippen LogP contribution in [0, 0.1) is 11.8 Å². The first-order valence-electron chi connectivity index (χ1n) is 15.4. The molecule has 10 nitrogen and oxygen atoms in total. The maximum absolute atomic E-state index is 13.3. The third kappa shape index (κ3) is 14.3. The lowest BCUT2D eigenvalue weighted by Gasteiger charge is -2.38. The number of likely N-dealkylation sites (N-methyl/N-ethyl adjacent to an activating group) is 1. The zero-order valence-corrected chi connectivity index (χ0v) is 25.3. The molecule has 1 aromatic carbocycles. The number of urea groups is 1. The monoisotopic (exact) mass is 589 g/mol. The van der Waals surface area contributed by atoms with Crippen LogP contribution < -0.4 is 10.6 Å². The van der Waals surface area contributed by atoms with Gasteiger partial charge in [0.25, 0.3) is 0 Å². The van der Waals surface area contributed by atoms with Gasteiger partial charge in [-0.2, -0.15) is 0 Å². The fourth-order valence-electron chi connectivity index (χ4n) is 5.78. The summed E-state index contributed by atoms with van der Waals surface area (Å²) < 4.78 is 11.9. The number of rotatable bonds is 15. The van der Waals surface area contributed by atoms with Crippen LogP contribution in [0.25, 0.3) is 0 Å². The zero-order chi connectivity index (χ0) is 30.6. The first-order chi connectivity index (χ1) is 20.3. The van der Waals surface area contributed by atoms with Crippen molar-refractivity contribution in [2.75, 3.05) is 46.5 Å². The lowest BCUT2D eigenvalue weighted by Crippen LogP contribution is -2.52. The fraction of sp³-hybridized carbons (Fsp3) is 0.656. The lowest BCUT2D eigenvalue weighted by atomic mass is 9.85. The van der Waals surface area contributed by atoms with E-state index in [9.17, 15) is 14.4 Å². The van der Waals surface area contributed by atoms with E-state index in [1.54, 1.807) is 0 Å². The van der Waals surface area contributed by atoms with Gasteiger partial charge in [-0.15, -0.1) is 0 Å². The van der Waals surface area contributed by atoms with E-state index in [4.69, 9.17) is 19.7 Å². The van der Waals surface area contributed by atoms with Crippen molar-refractivity contribution in [3.05, 3.63) is 48.0 Å². The first kappa shape index (κ1) is 35.2. The summed E-state index contributed by atoms with van der Waals surface area (Å²) in [6.45, 7) is 6.56. The molecule has 0 unspecified atom stereocenters. The number of piperidine rings is 1. The van der Waals surface area contributed by atoms with Crippen LogP contribution in [0.4, 0.5) is 4.79 Å². The number of hydrogen-bond acceptors (Lipinski definition) is 6. The zero-order valence-electron chi connectivity index (χ0n) is 25.3. The SMILES string of the molecule is CCOCCCO[C@@H](c1ccccc1)[C@@H]1CCCN(C(=O)N[C@H](CNC)CC2CCCCC2)C1.O=C(O)/C=C/C(=O)O. The van der Waals surface area contributed by atoms with Gasteiger partial charge in [0.05, 0.1) is 6.10 Å². The molecule has 1 saturated carbocycles. The molecule has 2 aliphatic rings. The van der Waals surface area contributed by atoms with Crippen LogP contribution in [-0.4, -0.2) is 85.6 Å². The van der Waals surface area contributed by atoms with Crippen molar-refractivity contribution < 1.29 is 34.1 Å². The molecule has 3 rings (SSSR count). The van der Waals surface area contributed by atoms with Crippen molar-refractivity contribution in [1.29, 1.82) is 0 Å². The Bertz CT molecular complexity index is 921. The van der Waals surface area contributed by atoms with E-state index < -0.39 is 11.9 Å². The van der Waals surface area contributed by atoms with Crippen LogP contribution in [0.1, 0.15) is 76.4 Å². The van der Waals surface area contributed by atoms with Gasteiger partial charge in [-0.1, -0.05) is 62.4 Å². The topological polar surface area (TPSA) is 137 Å². The number of aliphatic carboxylic acids is 2. The molecule has 4 N–H and O–H groups in total. The number of benzene rings is 1. The Morgan fingerprint density at radius 1 is 1.00 bits per heavy atom. The van der Waals surface area contributed by atoms with Gasteiger partial charge in [0.15, 0.2) is 0 Å². The third-order valence-corrected chi connectivity index (χ3v) is 7.73. The molecule has 0 aromatic heterocycles. The van der Waals surface area contributed by atoms with E-state index in [-0.39, 0.29) is 18.2 Å². The molecule has 1 aliphatic heterocycles. The van der Waals surface area contributed by atoms with Gasteiger partial charge in [0.1, 0.15) is 0 Å². The smallest absolute Gasteiger partial charge is 0.328 e. The number of nitrogens with one attached hydrogen (secondary N) is 2. The summed E-state index contributed by atoms with van der Waals surface area (Å²) in [4.78, 5) is 34.4. The van der Waals surface area contributed by atoms with E-state index in [0.717, 1.165) is 64.4 Å². The molecule has 1 heterocycles. The van der Waals surface area contributed by atoms with Crippen molar-refractivity contribution in [2.45, 2.75) is 76.9 Å². The number of carboxylic acids is 2. The molecular formula is C32H51N3O7. The summed E-state index contributed by atoms with van der Waals surface area (Å²) in [6, 6.07) is 10.8. The van der Waals surface area contributed by atoms with Crippen molar-refractivity contribution in [3.63, 3.8) is 0 Å². The minimum absolute atomic E-state index is 0.00812. The van der Waals surface area contributed by atoms with Crippen LogP contribution in [0.15, 0.2) is 42.5 Å². The Hall–Kier alpha value is -2.95. The molecule has 3 atom stereocenters. The molecule has 2 fully saturated rings. The highest BCUT2D eigenvalue weighted by atomic mass is 16.5. The maximum atomic E-state index is 13.3. The summed E-state index contributed by atoms with van der Waals surface area (Å²) in [5.41, 5.74) is 1.21. The van der Waals surface area contributed by atoms with E-state index in [1.165, 1.54) is 37.7 Å². The number of hydrogen-bond donors (Lipinski definition) is 4. The Balaban J connectivity index is 0.000000675. The summed E-state index contributed by atoms with van der Waals surface area (Å²) in [6.07, 6.45) is 11.8. The molecule has 236 valence electrons. The summed E-state index contributed by atoms with van der Waals surface area (Å²) >= 11 is 0. The van der Waals surface area contributed by atoms with Crippen LogP contribution in [-0.2, 0) is 19.1 Å². The lowest BCUT2D eigenvalue weighted by molar-refractivity contribution is -0.134. The Morgan fingerprint density at radius 3 is 2.31 bits per heavy atom. The standard InChI is InChI=1S/C28H47N3O3.C4H4O4/c1-3-33-18-11-19-34-27(24-14-8-5-9-15-24)25-16-10-17-31(22-25)28(32)30-26(21-29-2)20-23-12-6-4-7-13-23;5-3(6)1-2-4(7)8/h5,8-9,14-15,23,25-27,29H,3-4,6-7,10-13,16-22H2,1-2H3,(H,30,32);1-2H,(H,5,6)(H,7,8)/b;2-1+/t25-,26+,27+;/m1./s1. The minimum atomic E-state index is -1.26. The van der Waals surface area contributed by atoms with Gasteiger partial charge in [0, 0.05) is 63.6 Å². The molecule has 10 heteroatoms. The second kappa shape index (κ2) is 20.9. The molecule has 0 bridgehead atoms. The van der Waals surface area contributed by atoms with Gasteiger partial charge in [-0.3, -0.25) is 0 Å². The van der Waals surface area contributed by atoms with Gasteiger partial charge >= 0.3 is 18.0 Å². The molecule has 0 radical (unpaired) electrons. The van der Waals surface area contributed by atoms with Crippen molar-refractivity contribution in [1.82, 2.24) is 15.5 Å². The average Bonchev–Trinajstić information content (AvgIpc) is 2.99. The minimum Gasteiger partial charge on any atom is -0.478 e. The van der Waals surface area contributed by atoms with Crippen molar-refractivity contribution in [2.24, 2.45) is 11.8 Å². The van der Waals surface area contributed by atoms with E-state index >= 15 is 0 Å². The Kier molecular flexibility index (Phi) is 17.5. The average molecular weight is 590 g/mol. The van der Waals surface area contributed by atoms with E-state index in [1.807, 2.05) is 24.9 Å². The van der Waals surface area contributed by atoms with Crippen molar-refractivity contribution >= 4 is 18.0 Å². The largest absolute Gasteiger partial charge is 0.478 e. The van der Waals surface area contributed by atoms with Gasteiger partial charge in [0.2, 0.25) is 0 Å². The maximum Gasteiger partial charge on any atom is 0.328 e. The predicted molar refractivity (Wildman–Crippen MR) is 162 cm³/mol. The number of carbonyl (C=O) groups excluding carboxylic acids is 1. The van der Waals surface area contributed by atoms with Gasteiger partial charge < -0.3 is 35.2 Å². The third-order valence-electron chi connectivity index (χ3n) is 7.73. The fourth-order valence-corrected chi connectivity index (χ4v) is 5.78. The molecule has 0 spiro atoms. The highest BCUT2D eigenvalue weighted by Gasteiger charge is 2.32. The predicted octanol–water partition coefficient (Wildman–Crippen LogP) is 4.86. The second-order valence-corrected chi connectivity index (χ2v) is 11.1. The van der Waals surface area contributed by atoms with Crippen molar-refractivity contribution in [3.8, 4) is 0 Å². The molecule has 1 aliphatic carbocycles. The molecule has 42 heavy (non-hydrogen) atoms. The Morgan fingerprint density at radius 2 is 1.69 bits per heavy atom. The van der Waals surface area contributed by atoms with Gasteiger partial charge in [-0.05, 0) is 51.1 Å². The molecular weight excluding hydrogens is 538 g/mol. The first-order valence-corrected chi connectivity index (χ1v) is 15.4. The van der Waals surface area contributed by atoms with Crippen LogP contribution in [0.5, 0.6) is 0 Å². The second-order valence-electron chi connectivity index (χ2n) is 11.1. The number of carboxylic acid groups (broad SMARTS) is 2. The number of nitrogens with zero attached hydrogens (tertiary/aromatic N) is 1. The van der Waals surface area contributed by atoms with E-state index in [2.05, 4.69) is 34.9 Å². The molecule has 1 saturated heterocycles. The Labute approximate surface area is 250 Å². The number of likely N-dealkylation sites (tertiary alicyclic amines) is 1. The number of carbonyl (C=O) groups is 3. The summed E-state index contributed by atoms with van der Waals surface area (Å²) in [5, 5.41) is 22.3. The highest BCUT2D eigenvalue weighted by molar-refractivity contribution is 5.89. The van der Waals surface area contributed by atoms with Crippen LogP contribution in [0.3, 0.4) is 0 Å². The molecule has 2 amide bonds. The van der Waals surface area contributed by atoms with Crippen LogP contribution in [0.2, 0.25) is 0 Å². The molecule has 1 aromatic rings. The number of amides is 2.